The third kappa shape index (κ3) is 4.78. The molecule has 4 aromatic rings. The van der Waals surface area contributed by atoms with E-state index in [1.165, 1.54) is 0 Å². The van der Waals surface area contributed by atoms with Crippen molar-refractivity contribution in [2.75, 3.05) is 6.61 Å². The molecule has 7 nitrogen and oxygen atoms in total. The summed E-state index contributed by atoms with van der Waals surface area (Å²) in [5.41, 5.74) is 3.30. The SMILES string of the molecule is CCn1ncc2c(C(=O)OCC(=O)NCc3ccc(Cl)cc3)cc(-c3ccccc3)nc21. The molecule has 8 heteroatoms. The van der Waals surface area contributed by atoms with Crippen LogP contribution in [0.5, 0.6) is 0 Å². The second-order valence-electron chi connectivity index (χ2n) is 7.10. The van der Waals surface area contributed by atoms with Crippen LogP contribution in [0, 0.1) is 0 Å². The van der Waals surface area contributed by atoms with Crippen LogP contribution in [-0.4, -0.2) is 33.2 Å². The summed E-state index contributed by atoms with van der Waals surface area (Å²) >= 11 is 5.86. The number of carbonyl (C=O) groups excluding carboxylic acids is 2. The molecule has 2 aromatic carbocycles. The number of benzene rings is 2. The van der Waals surface area contributed by atoms with E-state index in [1.54, 1.807) is 29.1 Å². The van der Waals surface area contributed by atoms with Gasteiger partial charge in [-0.15, -0.1) is 0 Å². The summed E-state index contributed by atoms with van der Waals surface area (Å²) in [7, 11) is 0. The number of fused-ring (bicyclic) bond motifs is 1. The minimum absolute atomic E-state index is 0.314. The van der Waals surface area contributed by atoms with E-state index in [0.717, 1.165) is 11.1 Å². The Labute approximate surface area is 190 Å². The predicted molar refractivity (Wildman–Crippen MR) is 122 cm³/mol. The van der Waals surface area contributed by atoms with Crippen LogP contribution in [0.2, 0.25) is 5.02 Å². The van der Waals surface area contributed by atoms with E-state index in [-0.39, 0.29) is 0 Å². The maximum Gasteiger partial charge on any atom is 0.339 e. The van der Waals surface area contributed by atoms with Crippen LogP contribution in [0.25, 0.3) is 22.3 Å². The molecule has 0 radical (unpaired) electrons. The van der Waals surface area contributed by atoms with Crippen molar-refractivity contribution in [2.45, 2.75) is 20.0 Å². The fourth-order valence-electron chi connectivity index (χ4n) is 3.27. The van der Waals surface area contributed by atoms with E-state index in [9.17, 15) is 9.59 Å². The molecule has 1 amide bonds. The van der Waals surface area contributed by atoms with Gasteiger partial charge >= 0.3 is 5.97 Å². The van der Waals surface area contributed by atoms with Crippen LogP contribution in [0.4, 0.5) is 0 Å². The topological polar surface area (TPSA) is 86.1 Å². The number of nitrogens with one attached hydrogen (secondary N) is 1. The molecule has 162 valence electrons. The Bertz CT molecular complexity index is 1250. The van der Waals surface area contributed by atoms with Crippen LogP contribution in [0.1, 0.15) is 22.8 Å². The fourth-order valence-corrected chi connectivity index (χ4v) is 3.39. The highest BCUT2D eigenvalue weighted by molar-refractivity contribution is 6.30. The average Bonchev–Trinajstić information content (AvgIpc) is 3.25. The Balaban J connectivity index is 1.50. The lowest BCUT2D eigenvalue weighted by atomic mass is 10.1. The number of hydrogen-bond acceptors (Lipinski definition) is 5. The second kappa shape index (κ2) is 9.62. The lowest BCUT2D eigenvalue weighted by Crippen LogP contribution is -2.28. The summed E-state index contributed by atoms with van der Waals surface area (Å²) in [5.74, 6) is -1.00. The summed E-state index contributed by atoms with van der Waals surface area (Å²) in [6, 6.07) is 18.4. The molecular weight excluding hydrogens is 428 g/mol. The van der Waals surface area contributed by atoms with Gasteiger partial charge in [-0.3, -0.25) is 4.79 Å². The fraction of sp³-hybridized carbons (Fsp3) is 0.167. The lowest BCUT2D eigenvalue weighted by molar-refractivity contribution is -0.124. The molecule has 0 aliphatic heterocycles. The molecule has 4 rings (SSSR count). The van der Waals surface area contributed by atoms with E-state index >= 15 is 0 Å². The van der Waals surface area contributed by atoms with Crippen molar-refractivity contribution in [3.05, 3.63) is 83.0 Å². The maximum atomic E-state index is 12.9. The van der Waals surface area contributed by atoms with Crippen LogP contribution in [0.15, 0.2) is 66.9 Å². The van der Waals surface area contributed by atoms with Gasteiger partial charge in [0.2, 0.25) is 0 Å². The molecule has 1 N–H and O–H groups in total. The molecule has 0 aliphatic rings. The monoisotopic (exact) mass is 448 g/mol. The number of aryl methyl sites for hydroxylation is 1. The van der Waals surface area contributed by atoms with Gasteiger partial charge in [0.25, 0.3) is 5.91 Å². The first-order valence-corrected chi connectivity index (χ1v) is 10.5. The summed E-state index contributed by atoms with van der Waals surface area (Å²) in [6.45, 7) is 2.48. The van der Waals surface area contributed by atoms with Crippen molar-refractivity contribution < 1.29 is 14.3 Å². The number of carbonyl (C=O) groups is 2. The van der Waals surface area contributed by atoms with Gasteiger partial charge in [0.05, 0.1) is 22.8 Å². The number of ether oxygens (including phenoxy) is 1. The Morgan fingerprint density at radius 1 is 1.09 bits per heavy atom. The van der Waals surface area contributed by atoms with Crippen molar-refractivity contribution in [2.24, 2.45) is 0 Å². The van der Waals surface area contributed by atoms with Gasteiger partial charge in [-0.05, 0) is 30.7 Å². The van der Waals surface area contributed by atoms with E-state index in [1.807, 2.05) is 49.4 Å². The van der Waals surface area contributed by atoms with Crippen LogP contribution >= 0.6 is 11.6 Å². The first-order chi connectivity index (χ1) is 15.5. The molecule has 0 aliphatic carbocycles. The van der Waals surface area contributed by atoms with Crippen molar-refractivity contribution in [1.82, 2.24) is 20.1 Å². The molecule has 2 aromatic heterocycles. The standard InChI is InChI=1S/C24H21ClN4O3/c1-2-29-23-20(14-27-29)19(12-21(28-23)17-6-4-3-5-7-17)24(31)32-15-22(30)26-13-16-8-10-18(25)11-9-16/h3-12,14H,2,13,15H2,1H3,(H,26,30). The van der Waals surface area contributed by atoms with E-state index < -0.39 is 18.5 Å². The third-order valence-electron chi connectivity index (χ3n) is 4.94. The zero-order chi connectivity index (χ0) is 22.5. The van der Waals surface area contributed by atoms with E-state index in [4.69, 9.17) is 16.3 Å². The number of rotatable bonds is 7. The van der Waals surface area contributed by atoms with Crippen molar-refractivity contribution >= 4 is 34.5 Å². The van der Waals surface area contributed by atoms with Crippen LogP contribution < -0.4 is 5.32 Å². The minimum Gasteiger partial charge on any atom is -0.452 e. The number of nitrogens with zero attached hydrogens (tertiary/aromatic N) is 3. The Kier molecular flexibility index (Phi) is 6.47. The highest BCUT2D eigenvalue weighted by Gasteiger charge is 2.19. The number of hydrogen-bond donors (Lipinski definition) is 1. The molecule has 0 fully saturated rings. The van der Waals surface area contributed by atoms with Crippen molar-refractivity contribution in [3.8, 4) is 11.3 Å². The highest BCUT2D eigenvalue weighted by Crippen LogP contribution is 2.25. The van der Waals surface area contributed by atoms with Gasteiger partial charge in [0.1, 0.15) is 0 Å². The largest absolute Gasteiger partial charge is 0.452 e. The molecule has 0 spiro atoms. The first-order valence-electron chi connectivity index (χ1n) is 10.2. The van der Waals surface area contributed by atoms with Gasteiger partial charge in [-0.2, -0.15) is 5.10 Å². The van der Waals surface area contributed by atoms with Crippen molar-refractivity contribution in [3.63, 3.8) is 0 Å². The molecule has 0 atom stereocenters. The van der Waals surface area contributed by atoms with Gasteiger partial charge < -0.3 is 10.1 Å². The normalized spacial score (nSPS) is 10.8. The van der Waals surface area contributed by atoms with E-state index in [0.29, 0.717) is 40.4 Å². The number of amides is 1. The van der Waals surface area contributed by atoms with Gasteiger partial charge in [-0.25, -0.2) is 14.5 Å². The van der Waals surface area contributed by atoms with Gasteiger partial charge in [0.15, 0.2) is 12.3 Å². The summed E-state index contributed by atoms with van der Waals surface area (Å²) < 4.78 is 7.02. The maximum absolute atomic E-state index is 12.9. The Hall–Kier alpha value is -3.71. The van der Waals surface area contributed by atoms with Crippen LogP contribution in [-0.2, 0) is 22.6 Å². The first kappa shape index (κ1) is 21.5. The zero-order valence-corrected chi connectivity index (χ0v) is 18.2. The Morgan fingerprint density at radius 3 is 2.56 bits per heavy atom. The zero-order valence-electron chi connectivity index (χ0n) is 17.4. The highest BCUT2D eigenvalue weighted by atomic mass is 35.5. The molecule has 0 saturated carbocycles. The van der Waals surface area contributed by atoms with Crippen LogP contribution in [0.3, 0.4) is 0 Å². The average molecular weight is 449 g/mol. The number of esters is 1. The predicted octanol–water partition coefficient (Wildman–Crippen LogP) is 4.24. The number of aromatic nitrogens is 3. The van der Waals surface area contributed by atoms with E-state index in [2.05, 4.69) is 15.4 Å². The minimum atomic E-state index is -0.605. The molecule has 0 bridgehead atoms. The molecule has 32 heavy (non-hydrogen) atoms. The van der Waals surface area contributed by atoms with Gasteiger partial charge in [0, 0.05) is 23.7 Å². The molecule has 2 heterocycles. The molecule has 0 saturated heterocycles. The number of pyridine rings is 1. The number of halogens is 1. The molecular formula is C24H21ClN4O3. The second-order valence-corrected chi connectivity index (χ2v) is 7.53. The quantitative estimate of drug-likeness (QED) is 0.427. The molecule has 0 unspecified atom stereocenters. The summed E-state index contributed by atoms with van der Waals surface area (Å²) in [4.78, 5) is 29.7. The summed E-state index contributed by atoms with van der Waals surface area (Å²) in [6.07, 6.45) is 1.60. The van der Waals surface area contributed by atoms with Crippen molar-refractivity contribution in [1.29, 1.82) is 0 Å². The third-order valence-corrected chi connectivity index (χ3v) is 5.19. The van der Waals surface area contributed by atoms with Gasteiger partial charge in [-0.1, -0.05) is 54.1 Å². The smallest absolute Gasteiger partial charge is 0.339 e. The summed E-state index contributed by atoms with van der Waals surface area (Å²) in [5, 5.41) is 8.24. The lowest BCUT2D eigenvalue weighted by Gasteiger charge is -2.09. The Morgan fingerprint density at radius 2 is 1.84 bits per heavy atom.